The lowest BCUT2D eigenvalue weighted by Crippen LogP contribution is -2.58. The van der Waals surface area contributed by atoms with Gasteiger partial charge >= 0.3 is 0 Å². The summed E-state index contributed by atoms with van der Waals surface area (Å²) in [4.78, 5) is 11.1. The second-order valence-electron chi connectivity index (χ2n) is 10.2. The van der Waals surface area contributed by atoms with Crippen molar-refractivity contribution in [1.29, 1.82) is 0 Å². The highest BCUT2D eigenvalue weighted by molar-refractivity contribution is 6.32. The molecule has 6 rings (SSSR count). The molecule has 1 aliphatic carbocycles. The number of aliphatic hydroxyl groups is 1. The molecule has 3 aliphatic rings. The van der Waals surface area contributed by atoms with Gasteiger partial charge in [-0.05, 0) is 56.5 Å². The van der Waals surface area contributed by atoms with Crippen LogP contribution in [0, 0.1) is 0 Å². The van der Waals surface area contributed by atoms with Crippen molar-refractivity contribution < 1.29 is 14.2 Å². The van der Waals surface area contributed by atoms with Gasteiger partial charge in [0.25, 0.3) is 0 Å². The van der Waals surface area contributed by atoms with Crippen LogP contribution in [0.2, 0.25) is 10.2 Å². The third-order valence-corrected chi connectivity index (χ3v) is 8.51. The van der Waals surface area contributed by atoms with Gasteiger partial charge in [-0.2, -0.15) is 0 Å². The SMILES string of the molecule is C[C@@]1(N2CC[C@@H](c3cc4nc(Nc5ccn(C6CC6)c5Cl)ncc4cc3Cl)[C@H](F)C2)COC[C@@H]1O. The molecule has 10 heteroatoms. The van der Waals surface area contributed by atoms with Crippen LogP contribution in [-0.2, 0) is 4.74 Å². The van der Waals surface area contributed by atoms with Gasteiger partial charge < -0.3 is 19.7 Å². The number of hydrogen-bond donors (Lipinski definition) is 2. The Kier molecular flexibility index (Phi) is 5.92. The van der Waals surface area contributed by atoms with E-state index < -0.39 is 17.8 Å². The largest absolute Gasteiger partial charge is 0.389 e. The molecule has 0 radical (unpaired) electrons. The van der Waals surface area contributed by atoms with Crippen molar-refractivity contribution >= 4 is 45.7 Å². The average Bonchev–Trinajstić information content (AvgIpc) is 3.54. The summed E-state index contributed by atoms with van der Waals surface area (Å²) in [5, 5.41) is 15.5. The molecule has 4 heterocycles. The Balaban J connectivity index is 1.24. The van der Waals surface area contributed by atoms with E-state index in [1.807, 2.05) is 36.2 Å². The number of halogens is 3. The fourth-order valence-electron chi connectivity index (χ4n) is 5.36. The van der Waals surface area contributed by atoms with Crippen LogP contribution < -0.4 is 5.32 Å². The van der Waals surface area contributed by atoms with Crippen molar-refractivity contribution in [2.75, 3.05) is 31.6 Å². The molecule has 186 valence electrons. The van der Waals surface area contributed by atoms with E-state index >= 15 is 4.39 Å². The lowest BCUT2D eigenvalue weighted by molar-refractivity contribution is -0.0237. The number of nitrogens with one attached hydrogen (secondary N) is 1. The monoisotopic (exact) mass is 519 g/mol. The van der Waals surface area contributed by atoms with Gasteiger partial charge in [-0.1, -0.05) is 23.2 Å². The topological polar surface area (TPSA) is 75.4 Å². The first-order valence-corrected chi connectivity index (χ1v) is 12.8. The van der Waals surface area contributed by atoms with Crippen molar-refractivity contribution in [3.8, 4) is 0 Å². The molecule has 1 saturated carbocycles. The normalized spacial score (nSPS) is 29.7. The molecule has 3 aromatic rings. The number of anilines is 2. The number of hydrogen-bond acceptors (Lipinski definition) is 6. The summed E-state index contributed by atoms with van der Waals surface area (Å²) in [6.07, 6.45) is 4.83. The Morgan fingerprint density at radius 3 is 2.80 bits per heavy atom. The zero-order valence-electron chi connectivity index (χ0n) is 19.4. The Bertz CT molecular complexity index is 1270. The highest BCUT2D eigenvalue weighted by atomic mass is 35.5. The first-order valence-electron chi connectivity index (χ1n) is 12.1. The van der Waals surface area contributed by atoms with E-state index in [9.17, 15) is 5.11 Å². The summed E-state index contributed by atoms with van der Waals surface area (Å²) < 4.78 is 23.0. The fourth-order valence-corrected chi connectivity index (χ4v) is 5.98. The van der Waals surface area contributed by atoms with Crippen LogP contribution in [-0.4, -0.2) is 68.7 Å². The minimum absolute atomic E-state index is 0.225. The van der Waals surface area contributed by atoms with Crippen LogP contribution >= 0.6 is 23.2 Å². The highest BCUT2D eigenvalue weighted by Crippen LogP contribution is 2.41. The van der Waals surface area contributed by atoms with E-state index in [0.29, 0.717) is 47.3 Å². The van der Waals surface area contributed by atoms with E-state index in [-0.39, 0.29) is 19.1 Å². The van der Waals surface area contributed by atoms with E-state index in [4.69, 9.17) is 27.9 Å². The number of fused-ring (bicyclic) bond motifs is 1. The van der Waals surface area contributed by atoms with Crippen molar-refractivity contribution in [3.05, 3.63) is 46.3 Å². The summed E-state index contributed by atoms with van der Waals surface area (Å²) in [6.45, 7) is 3.52. The molecule has 0 bridgehead atoms. The van der Waals surface area contributed by atoms with Gasteiger partial charge in [-0.3, -0.25) is 4.90 Å². The average molecular weight is 520 g/mol. The molecule has 0 unspecified atom stereocenters. The molecule has 0 spiro atoms. The number of likely N-dealkylation sites (tertiary alicyclic amines) is 1. The van der Waals surface area contributed by atoms with E-state index in [1.165, 1.54) is 0 Å². The van der Waals surface area contributed by atoms with Gasteiger partial charge in [0.15, 0.2) is 0 Å². The van der Waals surface area contributed by atoms with Gasteiger partial charge in [-0.25, -0.2) is 14.4 Å². The lowest BCUT2D eigenvalue weighted by Gasteiger charge is -2.45. The van der Waals surface area contributed by atoms with E-state index in [2.05, 4.69) is 19.9 Å². The molecule has 1 aromatic carbocycles. The molecule has 2 N–H and O–H groups in total. The van der Waals surface area contributed by atoms with Gasteiger partial charge in [0.1, 0.15) is 11.3 Å². The van der Waals surface area contributed by atoms with Crippen molar-refractivity contribution in [3.63, 3.8) is 0 Å². The Hall–Kier alpha value is -1.97. The van der Waals surface area contributed by atoms with Gasteiger partial charge in [0.2, 0.25) is 5.95 Å². The maximum Gasteiger partial charge on any atom is 0.227 e. The van der Waals surface area contributed by atoms with Crippen LogP contribution in [0.3, 0.4) is 0 Å². The third kappa shape index (κ3) is 4.19. The quantitative estimate of drug-likeness (QED) is 0.488. The van der Waals surface area contributed by atoms with Gasteiger partial charge in [0, 0.05) is 41.3 Å². The number of alkyl halides is 1. The van der Waals surface area contributed by atoms with Crippen molar-refractivity contribution in [2.24, 2.45) is 0 Å². The van der Waals surface area contributed by atoms with Crippen LogP contribution in [0.5, 0.6) is 0 Å². The Morgan fingerprint density at radius 2 is 2.09 bits per heavy atom. The van der Waals surface area contributed by atoms with Crippen molar-refractivity contribution in [2.45, 2.75) is 56.0 Å². The lowest BCUT2D eigenvalue weighted by atomic mass is 9.84. The first-order chi connectivity index (χ1) is 16.8. The zero-order chi connectivity index (χ0) is 24.3. The fraction of sp³-hybridized carbons (Fsp3) is 0.520. The molecule has 7 nitrogen and oxygen atoms in total. The Morgan fingerprint density at radius 1 is 1.26 bits per heavy atom. The molecule has 4 atom stereocenters. The van der Waals surface area contributed by atoms with Crippen LogP contribution in [0.4, 0.5) is 16.0 Å². The summed E-state index contributed by atoms with van der Waals surface area (Å²) >= 11 is 13.1. The van der Waals surface area contributed by atoms with Crippen LogP contribution in [0.25, 0.3) is 10.9 Å². The van der Waals surface area contributed by atoms with E-state index in [1.54, 1.807) is 6.20 Å². The summed E-state index contributed by atoms with van der Waals surface area (Å²) in [5.74, 6) is 0.0792. The second-order valence-corrected chi connectivity index (χ2v) is 10.9. The number of rotatable bonds is 5. The third-order valence-electron chi connectivity index (χ3n) is 7.79. The molecule has 2 saturated heterocycles. The van der Waals surface area contributed by atoms with Crippen LogP contribution in [0.15, 0.2) is 30.6 Å². The van der Waals surface area contributed by atoms with Crippen molar-refractivity contribution in [1.82, 2.24) is 19.4 Å². The number of nitrogens with zero attached hydrogens (tertiary/aromatic N) is 4. The number of piperidine rings is 1. The smallest absolute Gasteiger partial charge is 0.227 e. The van der Waals surface area contributed by atoms with E-state index in [0.717, 1.165) is 29.5 Å². The minimum Gasteiger partial charge on any atom is -0.389 e. The predicted molar refractivity (Wildman–Crippen MR) is 135 cm³/mol. The molecule has 2 aliphatic heterocycles. The summed E-state index contributed by atoms with van der Waals surface area (Å²) in [7, 11) is 0. The molecular weight excluding hydrogens is 492 g/mol. The Labute approximate surface area is 213 Å². The number of aliphatic hydroxyl groups excluding tert-OH is 1. The maximum absolute atomic E-state index is 15.5. The molecule has 35 heavy (non-hydrogen) atoms. The molecule has 3 fully saturated rings. The number of aromatic nitrogens is 3. The minimum atomic E-state index is -1.12. The number of ether oxygens (including phenoxy) is 1. The predicted octanol–water partition coefficient (Wildman–Crippen LogP) is 5.09. The molecular formula is C25H28Cl2FN5O2. The van der Waals surface area contributed by atoms with Gasteiger partial charge in [-0.15, -0.1) is 0 Å². The molecule has 2 aromatic heterocycles. The zero-order valence-corrected chi connectivity index (χ0v) is 20.9. The maximum atomic E-state index is 15.5. The second kappa shape index (κ2) is 8.85. The standard InChI is InChI=1S/C25H28Cl2FN5O2/c1-25(13-35-12-22(25)34)32-6-4-16(19(28)11-32)17-9-21-14(8-18(17)26)10-29-24(31-21)30-20-5-7-33(23(20)27)15-2-3-15/h5,7-10,15-16,19,22,34H,2-4,6,11-13H2,1H3,(H,29,30,31)/t16-,19+,22-,25+/m0/s1. The number of benzene rings is 1. The summed E-state index contributed by atoms with van der Waals surface area (Å²) in [5.41, 5.74) is 1.65. The first kappa shape index (κ1) is 23.4. The summed E-state index contributed by atoms with van der Waals surface area (Å²) in [6, 6.07) is 6.09. The molecule has 0 amide bonds. The highest BCUT2D eigenvalue weighted by Gasteiger charge is 2.47. The van der Waals surface area contributed by atoms with Gasteiger partial charge in [0.05, 0.1) is 36.1 Å². The van der Waals surface area contributed by atoms with Crippen LogP contribution in [0.1, 0.15) is 43.7 Å².